The van der Waals surface area contributed by atoms with Crippen molar-refractivity contribution < 1.29 is 14.7 Å². The molecule has 1 saturated carbocycles. The Morgan fingerprint density at radius 1 is 1.00 bits per heavy atom. The Morgan fingerprint density at radius 2 is 1.70 bits per heavy atom. The van der Waals surface area contributed by atoms with Crippen molar-refractivity contribution in [1.29, 1.82) is 0 Å². The first-order chi connectivity index (χ1) is 13.0. The highest BCUT2D eigenvalue weighted by Gasteiger charge is 2.25. The van der Waals surface area contributed by atoms with Crippen molar-refractivity contribution >= 4 is 11.9 Å². The Kier molecular flexibility index (Phi) is 6.89. The Labute approximate surface area is 162 Å². The number of hydrogen-bond acceptors (Lipinski definition) is 3. The van der Waals surface area contributed by atoms with Crippen LogP contribution in [0.15, 0.2) is 24.3 Å². The van der Waals surface area contributed by atoms with Crippen molar-refractivity contribution in [1.82, 2.24) is 9.80 Å². The lowest BCUT2D eigenvalue weighted by molar-refractivity contribution is -0.138. The van der Waals surface area contributed by atoms with Crippen LogP contribution < -0.4 is 0 Å². The standard InChI is InChI=1S/C22H32N2O3/c1-23(16-21(25)26)20-8-5-14-24(15-13-20)22(27)19-11-9-18(10-12-19)17-6-3-2-4-7-17/h9-12,17,20H,2-8,13-16H2,1H3,(H,25,26)/t20-/m0/s1. The van der Waals surface area contributed by atoms with Crippen LogP contribution in [-0.4, -0.2) is 59.5 Å². The van der Waals surface area contributed by atoms with E-state index in [9.17, 15) is 9.59 Å². The quantitative estimate of drug-likeness (QED) is 0.855. The summed E-state index contributed by atoms with van der Waals surface area (Å²) in [6.45, 7) is 1.50. The van der Waals surface area contributed by atoms with Gasteiger partial charge in [0.15, 0.2) is 0 Å². The minimum atomic E-state index is -0.798. The molecule has 5 nitrogen and oxygen atoms in total. The molecule has 0 spiro atoms. The van der Waals surface area contributed by atoms with Crippen molar-refractivity contribution in [2.24, 2.45) is 0 Å². The van der Waals surface area contributed by atoms with Crippen LogP contribution in [0.3, 0.4) is 0 Å². The van der Waals surface area contributed by atoms with E-state index in [-0.39, 0.29) is 18.5 Å². The number of hydrogen-bond donors (Lipinski definition) is 1. The third-order valence-electron chi connectivity index (χ3n) is 6.23. The van der Waals surface area contributed by atoms with Gasteiger partial charge in [-0.25, -0.2) is 0 Å². The van der Waals surface area contributed by atoms with Crippen molar-refractivity contribution in [3.05, 3.63) is 35.4 Å². The van der Waals surface area contributed by atoms with Crippen LogP contribution in [-0.2, 0) is 4.79 Å². The number of aliphatic carboxylic acids is 1. The van der Waals surface area contributed by atoms with Gasteiger partial charge in [-0.05, 0) is 62.8 Å². The van der Waals surface area contributed by atoms with Gasteiger partial charge >= 0.3 is 5.97 Å². The SMILES string of the molecule is CN(CC(=O)O)[C@H]1CCCN(C(=O)c2ccc(C3CCCCC3)cc2)CC1. The molecule has 0 aromatic heterocycles. The Bertz CT molecular complexity index is 637. The molecule has 1 saturated heterocycles. The summed E-state index contributed by atoms with van der Waals surface area (Å²) < 4.78 is 0. The van der Waals surface area contributed by atoms with Crippen molar-refractivity contribution in [2.45, 2.75) is 63.3 Å². The lowest BCUT2D eigenvalue weighted by Gasteiger charge is -2.26. The molecular weight excluding hydrogens is 340 g/mol. The fraction of sp³-hybridized carbons (Fsp3) is 0.636. The van der Waals surface area contributed by atoms with Gasteiger partial charge in [0.05, 0.1) is 6.54 Å². The monoisotopic (exact) mass is 372 g/mol. The van der Waals surface area contributed by atoms with E-state index in [1.54, 1.807) is 0 Å². The summed E-state index contributed by atoms with van der Waals surface area (Å²) >= 11 is 0. The smallest absolute Gasteiger partial charge is 0.317 e. The molecule has 1 aromatic rings. The van der Waals surface area contributed by atoms with Crippen molar-refractivity contribution in [3.8, 4) is 0 Å². The Hall–Kier alpha value is -1.88. The normalized spacial score (nSPS) is 21.9. The van der Waals surface area contributed by atoms with Gasteiger partial charge in [0.1, 0.15) is 0 Å². The first kappa shape index (κ1) is 19.9. The fourth-order valence-corrected chi connectivity index (χ4v) is 4.58. The van der Waals surface area contributed by atoms with Gasteiger partial charge in [-0.3, -0.25) is 14.5 Å². The molecule has 3 rings (SSSR count). The lowest BCUT2D eigenvalue weighted by Crippen LogP contribution is -2.37. The number of carboxylic acids is 1. The average molecular weight is 373 g/mol. The highest BCUT2D eigenvalue weighted by Crippen LogP contribution is 2.32. The molecule has 2 aliphatic rings. The fourth-order valence-electron chi connectivity index (χ4n) is 4.58. The lowest BCUT2D eigenvalue weighted by atomic mass is 9.84. The number of carbonyl (C=O) groups is 2. The summed E-state index contributed by atoms with van der Waals surface area (Å²) in [5, 5.41) is 8.98. The molecule has 1 heterocycles. The average Bonchev–Trinajstić information content (AvgIpc) is 2.94. The van der Waals surface area contributed by atoms with E-state index < -0.39 is 5.97 Å². The van der Waals surface area contributed by atoms with Crippen LogP contribution in [0.5, 0.6) is 0 Å². The third kappa shape index (κ3) is 5.32. The van der Waals surface area contributed by atoms with Crippen molar-refractivity contribution in [3.63, 3.8) is 0 Å². The van der Waals surface area contributed by atoms with Gasteiger partial charge in [-0.15, -0.1) is 0 Å². The maximum absolute atomic E-state index is 12.9. The molecule has 27 heavy (non-hydrogen) atoms. The molecule has 2 fully saturated rings. The molecule has 5 heteroatoms. The zero-order valence-corrected chi connectivity index (χ0v) is 16.4. The molecule has 1 amide bonds. The Morgan fingerprint density at radius 3 is 2.37 bits per heavy atom. The molecule has 1 aliphatic carbocycles. The molecule has 0 bridgehead atoms. The van der Waals surface area contributed by atoms with E-state index in [2.05, 4.69) is 12.1 Å². The van der Waals surface area contributed by atoms with Crippen LogP contribution >= 0.6 is 0 Å². The number of rotatable bonds is 5. The van der Waals surface area contributed by atoms with Gasteiger partial charge in [0.25, 0.3) is 5.91 Å². The van der Waals surface area contributed by atoms with Gasteiger partial charge in [0.2, 0.25) is 0 Å². The van der Waals surface area contributed by atoms with E-state index in [1.165, 1.54) is 37.7 Å². The number of amides is 1. The zero-order chi connectivity index (χ0) is 19.2. The maximum Gasteiger partial charge on any atom is 0.317 e. The minimum Gasteiger partial charge on any atom is -0.480 e. The minimum absolute atomic E-state index is 0.0568. The van der Waals surface area contributed by atoms with Crippen LogP contribution in [0, 0.1) is 0 Å². The highest BCUT2D eigenvalue weighted by atomic mass is 16.4. The summed E-state index contributed by atoms with van der Waals surface area (Å²) in [6, 6.07) is 8.50. The number of likely N-dealkylation sites (tertiary alicyclic amines) is 1. The summed E-state index contributed by atoms with van der Waals surface area (Å²) in [5.41, 5.74) is 2.14. The second-order valence-corrected chi connectivity index (χ2v) is 8.14. The molecule has 0 unspecified atom stereocenters. The molecule has 1 N–H and O–H groups in total. The molecule has 1 aliphatic heterocycles. The summed E-state index contributed by atoms with van der Waals surface area (Å²) in [4.78, 5) is 27.7. The second kappa shape index (κ2) is 9.36. The number of carboxylic acid groups (broad SMARTS) is 1. The number of nitrogens with zero attached hydrogens (tertiary/aromatic N) is 2. The molecule has 0 radical (unpaired) electrons. The number of benzene rings is 1. The largest absolute Gasteiger partial charge is 0.480 e. The van der Waals surface area contributed by atoms with Gasteiger partial charge in [-0.1, -0.05) is 31.4 Å². The van der Waals surface area contributed by atoms with Gasteiger partial charge < -0.3 is 10.0 Å². The predicted octanol–water partition coefficient (Wildman–Crippen LogP) is 3.75. The van der Waals surface area contributed by atoms with E-state index >= 15 is 0 Å². The number of likely N-dealkylation sites (N-methyl/N-ethyl adjacent to an activating group) is 1. The van der Waals surface area contributed by atoms with Crippen LogP contribution in [0.4, 0.5) is 0 Å². The predicted molar refractivity (Wildman–Crippen MR) is 106 cm³/mol. The van der Waals surface area contributed by atoms with Gasteiger partial charge in [0, 0.05) is 24.7 Å². The van der Waals surface area contributed by atoms with Crippen LogP contribution in [0.2, 0.25) is 0 Å². The molecular formula is C22H32N2O3. The molecule has 1 atom stereocenters. The van der Waals surface area contributed by atoms with Crippen LogP contribution in [0.1, 0.15) is 73.2 Å². The topological polar surface area (TPSA) is 60.9 Å². The zero-order valence-electron chi connectivity index (χ0n) is 16.4. The molecule has 148 valence electrons. The van der Waals surface area contributed by atoms with Gasteiger partial charge in [-0.2, -0.15) is 0 Å². The van der Waals surface area contributed by atoms with E-state index in [1.807, 2.05) is 29.0 Å². The summed E-state index contributed by atoms with van der Waals surface area (Å²) in [7, 11) is 1.86. The third-order valence-corrected chi connectivity index (χ3v) is 6.23. The van der Waals surface area contributed by atoms with E-state index in [0.29, 0.717) is 12.5 Å². The highest BCUT2D eigenvalue weighted by molar-refractivity contribution is 5.94. The Balaban J connectivity index is 1.58. The van der Waals surface area contributed by atoms with E-state index in [4.69, 9.17) is 5.11 Å². The van der Waals surface area contributed by atoms with E-state index in [0.717, 1.165) is 31.4 Å². The molecule has 1 aromatic carbocycles. The van der Waals surface area contributed by atoms with Crippen molar-refractivity contribution in [2.75, 3.05) is 26.7 Å². The number of carbonyl (C=O) groups excluding carboxylic acids is 1. The summed E-state index contributed by atoms with van der Waals surface area (Å²) in [6.07, 6.45) is 9.21. The maximum atomic E-state index is 12.9. The van der Waals surface area contributed by atoms with Crippen LogP contribution in [0.25, 0.3) is 0 Å². The second-order valence-electron chi connectivity index (χ2n) is 8.14. The summed E-state index contributed by atoms with van der Waals surface area (Å²) in [5.74, 6) is -0.0360. The first-order valence-electron chi connectivity index (χ1n) is 10.4. The first-order valence-corrected chi connectivity index (χ1v) is 10.4.